The summed E-state index contributed by atoms with van der Waals surface area (Å²) in [5.41, 5.74) is -0.256. The normalized spacial score (nSPS) is 10.3. The number of nitrogens with zero attached hydrogens (tertiary/aromatic N) is 3. The summed E-state index contributed by atoms with van der Waals surface area (Å²) in [6.45, 7) is 4.38. The Morgan fingerprint density at radius 1 is 1.41 bits per heavy atom. The lowest BCUT2D eigenvalue weighted by Gasteiger charge is -2.07. The molecule has 6 nitrogen and oxygen atoms in total. The van der Waals surface area contributed by atoms with Gasteiger partial charge in [0, 0.05) is 6.54 Å². The molecule has 0 saturated carbocycles. The third kappa shape index (κ3) is 3.81. The van der Waals surface area contributed by atoms with Crippen molar-refractivity contribution in [2.75, 3.05) is 11.9 Å². The second kappa shape index (κ2) is 6.34. The van der Waals surface area contributed by atoms with Gasteiger partial charge in [-0.05, 0) is 13.3 Å². The Hall–Kier alpha value is -1.43. The fourth-order valence-corrected chi connectivity index (χ4v) is 1.68. The van der Waals surface area contributed by atoms with E-state index in [0.717, 1.165) is 19.3 Å². The Labute approximate surface area is 105 Å². The van der Waals surface area contributed by atoms with Crippen LogP contribution in [0.1, 0.15) is 32.0 Å². The minimum Gasteiger partial charge on any atom is -0.364 e. The highest BCUT2D eigenvalue weighted by Crippen LogP contribution is 2.29. The van der Waals surface area contributed by atoms with Crippen molar-refractivity contribution in [3.8, 4) is 0 Å². The Morgan fingerprint density at radius 2 is 2.12 bits per heavy atom. The van der Waals surface area contributed by atoms with Crippen LogP contribution in [-0.4, -0.2) is 21.4 Å². The molecule has 0 amide bonds. The van der Waals surface area contributed by atoms with Gasteiger partial charge in [-0.25, -0.2) is 9.97 Å². The summed E-state index contributed by atoms with van der Waals surface area (Å²) in [6.07, 6.45) is 3.10. The summed E-state index contributed by atoms with van der Waals surface area (Å²) in [6, 6.07) is 0. The second-order valence-electron chi connectivity index (χ2n) is 3.65. The van der Waals surface area contributed by atoms with Crippen LogP contribution in [0, 0.1) is 17.0 Å². The van der Waals surface area contributed by atoms with E-state index in [0.29, 0.717) is 12.4 Å². The van der Waals surface area contributed by atoms with E-state index < -0.39 is 4.92 Å². The molecule has 0 aliphatic rings. The van der Waals surface area contributed by atoms with Crippen LogP contribution in [0.15, 0.2) is 0 Å². The minimum atomic E-state index is -0.566. The van der Waals surface area contributed by atoms with Crippen LogP contribution in [0.3, 0.4) is 0 Å². The lowest BCUT2D eigenvalue weighted by atomic mass is 10.2. The molecule has 0 saturated heterocycles. The molecule has 1 rings (SSSR count). The molecule has 1 aromatic heterocycles. The number of aryl methyl sites for hydroxylation is 1. The Balaban J connectivity index is 2.85. The number of hydrogen-bond acceptors (Lipinski definition) is 5. The topological polar surface area (TPSA) is 81.0 Å². The number of aromatic nitrogens is 2. The standard InChI is InChI=1S/C10H15ClN4O2/c1-3-4-5-6-12-10-8(15(16)17)9(11)13-7(2)14-10/h3-6H2,1-2H3,(H,12,13,14). The first-order valence-electron chi connectivity index (χ1n) is 5.48. The van der Waals surface area contributed by atoms with Gasteiger partial charge < -0.3 is 5.32 Å². The maximum absolute atomic E-state index is 10.8. The van der Waals surface area contributed by atoms with Gasteiger partial charge in [0.25, 0.3) is 0 Å². The van der Waals surface area contributed by atoms with Crippen molar-refractivity contribution in [2.24, 2.45) is 0 Å². The Bertz CT molecular complexity index is 412. The van der Waals surface area contributed by atoms with Crippen molar-refractivity contribution in [1.29, 1.82) is 0 Å². The van der Waals surface area contributed by atoms with Crippen LogP contribution < -0.4 is 5.32 Å². The second-order valence-corrected chi connectivity index (χ2v) is 4.01. The quantitative estimate of drug-likeness (QED) is 0.367. The number of halogens is 1. The van der Waals surface area contributed by atoms with E-state index in [4.69, 9.17) is 11.6 Å². The fourth-order valence-electron chi connectivity index (χ4n) is 1.40. The number of nitro groups is 1. The lowest BCUT2D eigenvalue weighted by molar-refractivity contribution is -0.384. The van der Waals surface area contributed by atoms with Gasteiger partial charge in [0.1, 0.15) is 5.82 Å². The van der Waals surface area contributed by atoms with Crippen molar-refractivity contribution < 1.29 is 4.92 Å². The highest BCUT2D eigenvalue weighted by Gasteiger charge is 2.22. The van der Waals surface area contributed by atoms with Gasteiger partial charge in [0.15, 0.2) is 0 Å². The van der Waals surface area contributed by atoms with Gasteiger partial charge in [-0.1, -0.05) is 31.4 Å². The molecular formula is C10H15ClN4O2. The van der Waals surface area contributed by atoms with Gasteiger partial charge in [-0.3, -0.25) is 10.1 Å². The van der Waals surface area contributed by atoms with Crippen molar-refractivity contribution in [2.45, 2.75) is 33.1 Å². The van der Waals surface area contributed by atoms with E-state index in [1.54, 1.807) is 6.92 Å². The number of nitrogens with one attached hydrogen (secondary N) is 1. The van der Waals surface area contributed by atoms with Gasteiger partial charge in [-0.15, -0.1) is 0 Å². The molecular weight excluding hydrogens is 244 g/mol. The summed E-state index contributed by atoms with van der Waals surface area (Å²) in [5, 5.41) is 13.7. The summed E-state index contributed by atoms with van der Waals surface area (Å²) >= 11 is 5.74. The smallest absolute Gasteiger partial charge is 0.348 e. The number of hydrogen-bond donors (Lipinski definition) is 1. The molecule has 94 valence electrons. The largest absolute Gasteiger partial charge is 0.364 e. The van der Waals surface area contributed by atoms with Gasteiger partial charge >= 0.3 is 5.69 Å². The first-order chi connectivity index (χ1) is 8.06. The molecule has 1 aromatic rings. The third-order valence-electron chi connectivity index (χ3n) is 2.21. The van der Waals surface area contributed by atoms with Crippen molar-refractivity contribution in [1.82, 2.24) is 9.97 Å². The number of anilines is 1. The van der Waals surface area contributed by atoms with E-state index in [2.05, 4.69) is 22.2 Å². The predicted molar refractivity (Wildman–Crippen MR) is 66.4 cm³/mol. The average molecular weight is 259 g/mol. The van der Waals surface area contributed by atoms with Gasteiger partial charge in [0.05, 0.1) is 4.92 Å². The molecule has 0 bridgehead atoms. The third-order valence-corrected chi connectivity index (χ3v) is 2.47. The van der Waals surface area contributed by atoms with Crippen LogP contribution in [0.5, 0.6) is 0 Å². The zero-order valence-corrected chi connectivity index (χ0v) is 10.6. The summed E-state index contributed by atoms with van der Waals surface area (Å²) in [7, 11) is 0. The van der Waals surface area contributed by atoms with Crippen LogP contribution >= 0.6 is 11.6 Å². The van der Waals surface area contributed by atoms with Crippen molar-refractivity contribution in [3.05, 3.63) is 21.1 Å². The molecule has 0 spiro atoms. The van der Waals surface area contributed by atoms with Crippen LogP contribution in [0.25, 0.3) is 0 Å². The first kappa shape index (κ1) is 13.6. The highest BCUT2D eigenvalue weighted by molar-refractivity contribution is 6.31. The van der Waals surface area contributed by atoms with Gasteiger partial charge in [-0.2, -0.15) is 0 Å². The first-order valence-corrected chi connectivity index (χ1v) is 5.86. The number of rotatable bonds is 6. The van der Waals surface area contributed by atoms with Crippen molar-refractivity contribution >= 4 is 23.1 Å². The summed E-state index contributed by atoms with van der Waals surface area (Å²) < 4.78 is 0. The van der Waals surface area contributed by atoms with Crippen LogP contribution in [0.2, 0.25) is 5.15 Å². The predicted octanol–water partition coefficient (Wildman–Crippen LogP) is 2.95. The zero-order valence-electron chi connectivity index (χ0n) is 9.86. The monoisotopic (exact) mass is 258 g/mol. The molecule has 0 unspecified atom stereocenters. The van der Waals surface area contributed by atoms with E-state index in [-0.39, 0.29) is 16.7 Å². The molecule has 0 radical (unpaired) electrons. The summed E-state index contributed by atoms with van der Waals surface area (Å²) in [5.74, 6) is 0.613. The highest BCUT2D eigenvalue weighted by atomic mass is 35.5. The molecule has 0 aromatic carbocycles. The SMILES string of the molecule is CCCCCNc1nc(C)nc(Cl)c1[N+](=O)[O-]. The molecule has 0 aliphatic heterocycles. The molecule has 17 heavy (non-hydrogen) atoms. The molecule has 1 heterocycles. The molecule has 0 fully saturated rings. The van der Waals surface area contributed by atoms with Crippen LogP contribution in [0.4, 0.5) is 11.5 Å². The fraction of sp³-hybridized carbons (Fsp3) is 0.600. The maximum atomic E-state index is 10.8. The molecule has 0 aliphatic carbocycles. The van der Waals surface area contributed by atoms with E-state index in [1.807, 2.05) is 0 Å². The molecule has 0 atom stereocenters. The van der Waals surface area contributed by atoms with E-state index in [9.17, 15) is 10.1 Å². The Morgan fingerprint density at radius 3 is 2.71 bits per heavy atom. The minimum absolute atomic E-state index is 0.125. The maximum Gasteiger partial charge on any atom is 0.348 e. The Kier molecular flexibility index (Phi) is 5.09. The lowest BCUT2D eigenvalue weighted by Crippen LogP contribution is -2.08. The molecule has 7 heteroatoms. The molecule has 1 N–H and O–H groups in total. The van der Waals surface area contributed by atoms with E-state index in [1.165, 1.54) is 0 Å². The van der Waals surface area contributed by atoms with Gasteiger partial charge in [0.2, 0.25) is 11.0 Å². The zero-order chi connectivity index (χ0) is 12.8. The van der Waals surface area contributed by atoms with Crippen molar-refractivity contribution in [3.63, 3.8) is 0 Å². The number of unbranched alkanes of at least 4 members (excludes halogenated alkanes) is 2. The average Bonchev–Trinajstić information content (AvgIpc) is 2.22. The summed E-state index contributed by atoms with van der Waals surface area (Å²) in [4.78, 5) is 18.1. The van der Waals surface area contributed by atoms with Crippen LogP contribution in [-0.2, 0) is 0 Å². The van der Waals surface area contributed by atoms with E-state index >= 15 is 0 Å².